The Morgan fingerprint density at radius 1 is 1.38 bits per heavy atom. The third-order valence-electron chi connectivity index (χ3n) is 4.90. The van der Waals surface area contributed by atoms with Gasteiger partial charge in [0.15, 0.2) is 0 Å². The van der Waals surface area contributed by atoms with E-state index in [-0.39, 0.29) is 24.6 Å². The number of aromatic nitrogens is 1. The summed E-state index contributed by atoms with van der Waals surface area (Å²) in [5.74, 6) is -0.318. The van der Waals surface area contributed by atoms with E-state index in [0.29, 0.717) is 23.6 Å². The SMILES string of the molecule is CCCC1COC(=O)N1c1cc(C(=O)N[C@@H](C)CO)cc(-c2ccc(C)cn2)c1. The number of nitrogens with zero attached hydrogens (tertiary/aromatic N) is 2. The highest BCUT2D eigenvalue weighted by atomic mass is 16.6. The number of aliphatic hydroxyl groups excluding tert-OH is 1. The van der Waals surface area contributed by atoms with Gasteiger partial charge in [-0.2, -0.15) is 0 Å². The van der Waals surface area contributed by atoms with E-state index in [9.17, 15) is 14.7 Å². The van der Waals surface area contributed by atoms with Gasteiger partial charge in [0.05, 0.1) is 18.3 Å². The van der Waals surface area contributed by atoms with Crippen LogP contribution in [-0.2, 0) is 4.74 Å². The molecular weight excluding hydrogens is 370 g/mol. The van der Waals surface area contributed by atoms with Crippen LogP contribution in [0.3, 0.4) is 0 Å². The maximum Gasteiger partial charge on any atom is 0.414 e. The molecule has 3 rings (SSSR count). The monoisotopic (exact) mass is 397 g/mol. The largest absolute Gasteiger partial charge is 0.447 e. The minimum Gasteiger partial charge on any atom is -0.447 e. The molecule has 0 spiro atoms. The Morgan fingerprint density at radius 2 is 2.17 bits per heavy atom. The predicted octanol–water partition coefficient (Wildman–Crippen LogP) is 3.29. The number of rotatable bonds is 7. The number of carbonyl (C=O) groups excluding carboxylic acids is 2. The molecule has 1 aromatic carbocycles. The molecule has 1 aliphatic rings. The van der Waals surface area contributed by atoms with E-state index in [1.807, 2.05) is 25.1 Å². The Kier molecular flexibility index (Phi) is 6.49. The van der Waals surface area contributed by atoms with Gasteiger partial charge in [0, 0.05) is 29.1 Å². The number of aryl methyl sites for hydroxylation is 1. The van der Waals surface area contributed by atoms with Crippen molar-refractivity contribution in [3.63, 3.8) is 0 Å². The Hall–Kier alpha value is -2.93. The van der Waals surface area contributed by atoms with Crippen LogP contribution < -0.4 is 10.2 Å². The zero-order chi connectivity index (χ0) is 21.0. The molecule has 0 aliphatic carbocycles. The average molecular weight is 397 g/mol. The molecule has 0 radical (unpaired) electrons. The van der Waals surface area contributed by atoms with Crippen molar-refractivity contribution in [2.45, 2.75) is 45.7 Å². The first kappa shape index (κ1) is 20.8. The molecule has 0 saturated carbocycles. The molecule has 1 saturated heterocycles. The summed E-state index contributed by atoms with van der Waals surface area (Å²) in [7, 11) is 0. The number of nitrogens with one attached hydrogen (secondary N) is 1. The molecule has 1 aromatic heterocycles. The van der Waals surface area contributed by atoms with Gasteiger partial charge in [-0.25, -0.2) is 4.79 Å². The van der Waals surface area contributed by atoms with Crippen molar-refractivity contribution >= 4 is 17.7 Å². The van der Waals surface area contributed by atoms with Gasteiger partial charge >= 0.3 is 6.09 Å². The first-order valence-corrected chi connectivity index (χ1v) is 9.88. The molecule has 2 N–H and O–H groups in total. The maximum absolute atomic E-state index is 12.7. The number of anilines is 1. The molecule has 7 nitrogen and oxygen atoms in total. The van der Waals surface area contributed by atoms with Crippen LogP contribution in [0.4, 0.5) is 10.5 Å². The molecule has 2 aromatic rings. The molecule has 7 heteroatoms. The fourth-order valence-corrected chi connectivity index (χ4v) is 3.34. The van der Waals surface area contributed by atoms with Gasteiger partial charge in [-0.1, -0.05) is 19.4 Å². The third kappa shape index (κ3) is 4.74. The molecule has 29 heavy (non-hydrogen) atoms. The summed E-state index contributed by atoms with van der Waals surface area (Å²) >= 11 is 0. The molecule has 2 heterocycles. The second-order valence-corrected chi connectivity index (χ2v) is 7.44. The van der Waals surface area contributed by atoms with E-state index in [1.165, 1.54) is 0 Å². The average Bonchev–Trinajstić information content (AvgIpc) is 3.08. The second-order valence-electron chi connectivity index (χ2n) is 7.44. The van der Waals surface area contributed by atoms with E-state index in [0.717, 1.165) is 24.0 Å². The number of aliphatic hydroxyl groups is 1. The number of carbonyl (C=O) groups is 2. The van der Waals surface area contributed by atoms with Crippen molar-refractivity contribution in [2.75, 3.05) is 18.1 Å². The lowest BCUT2D eigenvalue weighted by molar-refractivity contribution is 0.0922. The zero-order valence-electron chi connectivity index (χ0n) is 17.0. The van der Waals surface area contributed by atoms with Crippen LogP contribution >= 0.6 is 0 Å². The minimum atomic E-state index is -0.410. The highest BCUT2D eigenvalue weighted by molar-refractivity contribution is 5.99. The van der Waals surface area contributed by atoms with E-state index in [2.05, 4.69) is 17.2 Å². The van der Waals surface area contributed by atoms with Gasteiger partial charge in [0.2, 0.25) is 0 Å². The Labute approximate surface area is 170 Å². The maximum atomic E-state index is 12.7. The molecule has 1 unspecified atom stereocenters. The highest BCUT2D eigenvalue weighted by Crippen LogP contribution is 2.31. The molecule has 0 bridgehead atoms. The lowest BCUT2D eigenvalue weighted by Gasteiger charge is -2.23. The van der Waals surface area contributed by atoms with Crippen molar-refractivity contribution in [1.82, 2.24) is 10.3 Å². The molecule has 1 aliphatic heterocycles. The lowest BCUT2D eigenvalue weighted by atomic mass is 10.0. The highest BCUT2D eigenvalue weighted by Gasteiger charge is 2.34. The number of cyclic esters (lactones) is 1. The van der Waals surface area contributed by atoms with Crippen molar-refractivity contribution in [3.05, 3.63) is 47.7 Å². The van der Waals surface area contributed by atoms with E-state index in [4.69, 9.17) is 4.74 Å². The van der Waals surface area contributed by atoms with Crippen LogP contribution in [0.1, 0.15) is 42.6 Å². The first-order valence-electron chi connectivity index (χ1n) is 9.88. The van der Waals surface area contributed by atoms with Crippen LogP contribution in [0.5, 0.6) is 0 Å². The Bertz CT molecular complexity index is 882. The van der Waals surface area contributed by atoms with Crippen molar-refractivity contribution in [2.24, 2.45) is 0 Å². The fraction of sp³-hybridized carbons (Fsp3) is 0.409. The molecule has 2 amide bonds. The summed E-state index contributed by atoms with van der Waals surface area (Å²) in [4.78, 5) is 31.2. The van der Waals surface area contributed by atoms with E-state index >= 15 is 0 Å². The Morgan fingerprint density at radius 3 is 2.83 bits per heavy atom. The third-order valence-corrected chi connectivity index (χ3v) is 4.90. The molecule has 1 fully saturated rings. The summed E-state index contributed by atoms with van der Waals surface area (Å²) in [5, 5.41) is 12.0. The quantitative estimate of drug-likeness (QED) is 0.748. The normalized spacial score (nSPS) is 17.2. The van der Waals surface area contributed by atoms with Crippen molar-refractivity contribution in [3.8, 4) is 11.3 Å². The first-order chi connectivity index (χ1) is 13.9. The van der Waals surface area contributed by atoms with E-state index in [1.54, 1.807) is 30.2 Å². The molecular formula is C22H27N3O4. The fourth-order valence-electron chi connectivity index (χ4n) is 3.34. The molecule has 154 valence electrons. The zero-order valence-corrected chi connectivity index (χ0v) is 17.0. The number of hydrogen-bond donors (Lipinski definition) is 2. The summed E-state index contributed by atoms with van der Waals surface area (Å²) in [6.45, 7) is 5.91. The van der Waals surface area contributed by atoms with Gasteiger partial charge in [-0.3, -0.25) is 14.7 Å². The summed E-state index contributed by atoms with van der Waals surface area (Å²) in [6, 6.07) is 8.69. The second kappa shape index (κ2) is 9.05. The van der Waals surface area contributed by atoms with Crippen LogP contribution in [0.2, 0.25) is 0 Å². The van der Waals surface area contributed by atoms with Crippen molar-refractivity contribution < 1.29 is 19.4 Å². The van der Waals surface area contributed by atoms with E-state index < -0.39 is 6.09 Å². The summed E-state index contributed by atoms with van der Waals surface area (Å²) in [5.41, 5.74) is 3.48. The van der Waals surface area contributed by atoms with Crippen LogP contribution in [0.25, 0.3) is 11.3 Å². The predicted molar refractivity (Wildman–Crippen MR) is 111 cm³/mol. The smallest absolute Gasteiger partial charge is 0.414 e. The van der Waals surface area contributed by atoms with Gasteiger partial charge in [-0.15, -0.1) is 0 Å². The van der Waals surface area contributed by atoms with Crippen LogP contribution in [-0.4, -0.2) is 47.4 Å². The molecule has 2 atom stereocenters. The number of pyridine rings is 1. The summed E-state index contributed by atoms with van der Waals surface area (Å²) in [6.07, 6.45) is 3.08. The van der Waals surface area contributed by atoms with Crippen molar-refractivity contribution in [1.29, 1.82) is 0 Å². The van der Waals surface area contributed by atoms with Gasteiger partial charge in [-0.05, 0) is 50.1 Å². The minimum absolute atomic E-state index is 0.0685. The number of amides is 2. The van der Waals surface area contributed by atoms with Gasteiger partial charge < -0.3 is 15.2 Å². The topological polar surface area (TPSA) is 91.8 Å². The number of benzene rings is 1. The van der Waals surface area contributed by atoms with Gasteiger partial charge in [0.1, 0.15) is 6.61 Å². The standard InChI is InChI=1S/C22H27N3O4/c1-4-5-18-13-29-22(28)25(18)19-9-16(20-7-6-14(2)11-23-20)8-17(10-19)21(27)24-15(3)12-26/h6-11,15,18,26H,4-5,12-13H2,1-3H3,(H,24,27)/t15-,18?/m0/s1. The van der Waals surface area contributed by atoms with Crippen LogP contribution in [0.15, 0.2) is 36.5 Å². The van der Waals surface area contributed by atoms with Gasteiger partial charge in [0.25, 0.3) is 5.91 Å². The number of ether oxygens (including phenoxy) is 1. The Balaban J connectivity index is 2.06. The van der Waals surface area contributed by atoms with Crippen LogP contribution in [0, 0.1) is 6.92 Å². The number of hydrogen-bond acceptors (Lipinski definition) is 5. The summed E-state index contributed by atoms with van der Waals surface area (Å²) < 4.78 is 5.27. The lowest BCUT2D eigenvalue weighted by Crippen LogP contribution is -2.36.